The maximum absolute atomic E-state index is 13.1. The highest BCUT2D eigenvalue weighted by atomic mass is 35.5. The number of alkyl halides is 3. The molecule has 0 spiro atoms. The van der Waals surface area contributed by atoms with Crippen molar-refractivity contribution >= 4 is 40.2 Å². The minimum absolute atomic E-state index is 0.141. The number of thioether (sulfide) groups is 1. The van der Waals surface area contributed by atoms with Crippen LogP contribution < -0.4 is 15.6 Å². The van der Waals surface area contributed by atoms with E-state index in [2.05, 4.69) is 4.98 Å². The lowest BCUT2D eigenvalue weighted by Crippen LogP contribution is -2.35. The first kappa shape index (κ1) is 22.0. The van der Waals surface area contributed by atoms with E-state index in [1.165, 1.54) is 17.7 Å². The van der Waals surface area contributed by atoms with Gasteiger partial charge in [0.15, 0.2) is 5.16 Å². The van der Waals surface area contributed by atoms with Gasteiger partial charge in [-0.2, -0.15) is 13.2 Å². The standard InChI is InChI=1S/C19H15ClF3N3O3S/c1-29-15-7-6-11(8-13(15)20)26-17(28)12-4-2-3-5-14(12)25-18(26)30-9-16(27)24-10-19(21,22)23/h2-8H,9-10H2,1H3,(H,24,27). The van der Waals surface area contributed by atoms with Gasteiger partial charge in [-0.15, -0.1) is 0 Å². The van der Waals surface area contributed by atoms with Gasteiger partial charge < -0.3 is 10.1 Å². The Morgan fingerprint density at radius 3 is 2.67 bits per heavy atom. The minimum atomic E-state index is -4.51. The van der Waals surface area contributed by atoms with Crippen molar-refractivity contribution in [3.63, 3.8) is 0 Å². The van der Waals surface area contributed by atoms with Crippen LogP contribution in [0.5, 0.6) is 5.75 Å². The predicted octanol–water partition coefficient (Wildman–Crippen LogP) is 3.82. The Bertz CT molecular complexity index is 1150. The third-order valence-electron chi connectivity index (χ3n) is 3.96. The highest BCUT2D eigenvalue weighted by Crippen LogP contribution is 2.28. The fraction of sp³-hybridized carbons (Fsp3) is 0.211. The Balaban J connectivity index is 2.00. The van der Waals surface area contributed by atoms with Crippen LogP contribution in [0.2, 0.25) is 5.02 Å². The summed E-state index contributed by atoms with van der Waals surface area (Å²) in [7, 11) is 1.45. The highest BCUT2D eigenvalue weighted by Gasteiger charge is 2.27. The molecule has 0 aliphatic heterocycles. The van der Waals surface area contributed by atoms with Crippen molar-refractivity contribution in [2.24, 2.45) is 0 Å². The number of para-hydroxylation sites is 1. The molecule has 3 aromatic rings. The molecule has 3 rings (SSSR count). The van der Waals surface area contributed by atoms with Crippen LogP contribution in [0, 0.1) is 0 Å². The number of aromatic nitrogens is 2. The number of hydrogen-bond donors (Lipinski definition) is 1. The maximum Gasteiger partial charge on any atom is 0.405 e. The number of fused-ring (bicyclic) bond motifs is 1. The van der Waals surface area contributed by atoms with Crippen molar-refractivity contribution in [3.8, 4) is 11.4 Å². The van der Waals surface area contributed by atoms with E-state index in [1.54, 1.807) is 41.7 Å². The Morgan fingerprint density at radius 2 is 2.00 bits per heavy atom. The molecule has 0 fully saturated rings. The number of amides is 1. The van der Waals surface area contributed by atoms with Gasteiger partial charge >= 0.3 is 6.18 Å². The van der Waals surface area contributed by atoms with Crippen LogP contribution >= 0.6 is 23.4 Å². The average molecular weight is 458 g/mol. The molecule has 0 atom stereocenters. The van der Waals surface area contributed by atoms with E-state index < -0.39 is 24.2 Å². The summed E-state index contributed by atoms with van der Waals surface area (Å²) in [5.74, 6) is -0.785. The third-order valence-corrected chi connectivity index (χ3v) is 5.19. The van der Waals surface area contributed by atoms with Crippen molar-refractivity contribution in [2.45, 2.75) is 11.3 Å². The van der Waals surface area contributed by atoms with Gasteiger partial charge in [0.05, 0.1) is 34.5 Å². The topological polar surface area (TPSA) is 73.2 Å². The van der Waals surface area contributed by atoms with Gasteiger partial charge in [-0.3, -0.25) is 14.2 Å². The van der Waals surface area contributed by atoms with Gasteiger partial charge in [0, 0.05) is 0 Å². The summed E-state index contributed by atoms with van der Waals surface area (Å²) in [5.41, 5.74) is 0.374. The van der Waals surface area contributed by atoms with Crippen molar-refractivity contribution < 1.29 is 22.7 Å². The van der Waals surface area contributed by atoms with Crippen molar-refractivity contribution in [3.05, 3.63) is 57.8 Å². The van der Waals surface area contributed by atoms with E-state index in [0.29, 0.717) is 22.3 Å². The van der Waals surface area contributed by atoms with Crippen molar-refractivity contribution in [2.75, 3.05) is 19.4 Å². The molecular weight excluding hydrogens is 443 g/mol. The summed E-state index contributed by atoms with van der Waals surface area (Å²) >= 11 is 7.02. The van der Waals surface area contributed by atoms with Gasteiger partial charge in [0.2, 0.25) is 5.91 Å². The smallest absolute Gasteiger partial charge is 0.405 e. The first-order valence-electron chi connectivity index (χ1n) is 8.51. The molecule has 1 heterocycles. The number of methoxy groups -OCH3 is 1. The van der Waals surface area contributed by atoms with Crippen molar-refractivity contribution in [1.29, 1.82) is 0 Å². The molecule has 0 saturated carbocycles. The molecule has 1 aromatic heterocycles. The van der Waals surface area contributed by atoms with Crippen molar-refractivity contribution in [1.82, 2.24) is 14.9 Å². The van der Waals surface area contributed by atoms with E-state index in [4.69, 9.17) is 16.3 Å². The lowest BCUT2D eigenvalue weighted by atomic mass is 10.2. The molecule has 1 amide bonds. The number of rotatable bonds is 6. The van der Waals surface area contributed by atoms with Crippen LogP contribution in [0.25, 0.3) is 16.6 Å². The highest BCUT2D eigenvalue weighted by molar-refractivity contribution is 7.99. The third kappa shape index (κ3) is 5.06. The normalized spacial score (nSPS) is 11.5. The van der Waals surface area contributed by atoms with Crippen LogP contribution in [-0.2, 0) is 4.79 Å². The van der Waals surface area contributed by atoms with E-state index in [9.17, 15) is 22.8 Å². The zero-order valence-corrected chi connectivity index (χ0v) is 17.1. The molecule has 0 saturated heterocycles. The number of halogens is 4. The predicted molar refractivity (Wildman–Crippen MR) is 109 cm³/mol. The van der Waals surface area contributed by atoms with Gasteiger partial charge in [-0.25, -0.2) is 4.98 Å². The molecule has 30 heavy (non-hydrogen) atoms. The quantitative estimate of drug-likeness (QED) is 0.450. The molecular formula is C19H15ClF3N3O3S. The monoisotopic (exact) mass is 457 g/mol. The minimum Gasteiger partial charge on any atom is -0.495 e. The summed E-state index contributed by atoms with van der Waals surface area (Å²) in [6.07, 6.45) is -4.51. The second-order valence-corrected chi connectivity index (χ2v) is 7.40. The fourth-order valence-electron chi connectivity index (χ4n) is 2.61. The average Bonchev–Trinajstić information content (AvgIpc) is 2.70. The van der Waals surface area contributed by atoms with Gasteiger partial charge in [-0.1, -0.05) is 35.5 Å². The summed E-state index contributed by atoms with van der Waals surface area (Å²) in [6, 6.07) is 11.3. The Morgan fingerprint density at radius 1 is 1.27 bits per heavy atom. The first-order valence-corrected chi connectivity index (χ1v) is 9.88. The number of hydrogen-bond acceptors (Lipinski definition) is 5. The molecule has 2 aromatic carbocycles. The molecule has 0 radical (unpaired) electrons. The number of carbonyl (C=O) groups is 1. The van der Waals surface area contributed by atoms with Crippen LogP contribution in [0.3, 0.4) is 0 Å². The number of nitrogens with zero attached hydrogens (tertiary/aromatic N) is 2. The van der Waals surface area contributed by atoms with E-state index in [-0.39, 0.29) is 15.9 Å². The summed E-state index contributed by atoms with van der Waals surface area (Å²) in [6.45, 7) is -1.43. The number of ether oxygens (including phenoxy) is 1. The Hall–Kier alpha value is -2.72. The SMILES string of the molecule is COc1ccc(-n2c(SCC(=O)NCC(F)(F)F)nc3ccccc3c2=O)cc1Cl. The van der Waals surface area contributed by atoms with Crippen LogP contribution in [0.4, 0.5) is 13.2 Å². The second kappa shape index (κ2) is 8.97. The molecule has 6 nitrogen and oxygen atoms in total. The molecule has 158 valence electrons. The maximum atomic E-state index is 13.1. The largest absolute Gasteiger partial charge is 0.495 e. The fourth-order valence-corrected chi connectivity index (χ4v) is 3.71. The molecule has 0 aliphatic rings. The zero-order chi connectivity index (χ0) is 21.9. The van der Waals surface area contributed by atoms with Crippen LogP contribution in [0.15, 0.2) is 52.4 Å². The molecule has 1 N–H and O–H groups in total. The van der Waals surface area contributed by atoms with E-state index in [1.807, 2.05) is 0 Å². The van der Waals surface area contributed by atoms with Gasteiger partial charge in [-0.05, 0) is 30.3 Å². The summed E-state index contributed by atoms with van der Waals surface area (Å²) in [4.78, 5) is 29.3. The summed E-state index contributed by atoms with van der Waals surface area (Å²) in [5, 5.41) is 2.53. The number of carbonyl (C=O) groups excluding carboxylic acids is 1. The second-order valence-electron chi connectivity index (χ2n) is 6.05. The number of benzene rings is 2. The van der Waals surface area contributed by atoms with Crippen LogP contribution in [0.1, 0.15) is 0 Å². The van der Waals surface area contributed by atoms with Gasteiger partial charge in [0.25, 0.3) is 5.56 Å². The molecule has 0 unspecified atom stereocenters. The zero-order valence-electron chi connectivity index (χ0n) is 15.5. The van der Waals surface area contributed by atoms with Crippen LogP contribution in [-0.4, -0.2) is 41.0 Å². The van der Waals surface area contributed by atoms with E-state index in [0.717, 1.165) is 11.8 Å². The Kier molecular flexibility index (Phi) is 6.57. The lowest BCUT2D eigenvalue weighted by Gasteiger charge is -2.14. The van der Waals surface area contributed by atoms with E-state index >= 15 is 0 Å². The van der Waals surface area contributed by atoms with Gasteiger partial charge in [0.1, 0.15) is 12.3 Å². The Labute approximate surface area is 178 Å². The molecule has 0 aliphatic carbocycles. The summed E-state index contributed by atoms with van der Waals surface area (Å²) < 4.78 is 43.2. The molecule has 0 bridgehead atoms. The first-order chi connectivity index (χ1) is 14.2. The lowest BCUT2D eigenvalue weighted by molar-refractivity contribution is -0.136. The molecule has 11 heteroatoms. The number of nitrogens with one attached hydrogen (secondary N) is 1.